The number of amides is 3. The normalized spacial score (nSPS) is 26.1. The lowest BCUT2D eigenvalue weighted by molar-refractivity contribution is -0.133. The van der Waals surface area contributed by atoms with Crippen LogP contribution in [0.2, 0.25) is 0 Å². The minimum absolute atomic E-state index is 0.0613. The summed E-state index contributed by atoms with van der Waals surface area (Å²) in [5.41, 5.74) is 0.891. The Morgan fingerprint density at radius 3 is 2.55 bits per heavy atom. The average molecular weight is 431 g/mol. The van der Waals surface area contributed by atoms with E-state index < -0.39 is 12.1 Å². The van der Waals surface area contributed by atoms with Gasteiger partial charge in [-0.25, -0.2) is 4.79 Å². The van der Waals surface area contributed by atoms with Crippen molar-refractivity contribution in [2.24, 2.45) is 0 Å². The molecule has 4 atom stereocenters. The molecule has 1 aromatic rings. The third-order valence-electron chi connectivity index (χ3n) is 5.92. The maximum absolute atomic E-state index is 13.0. The van der Waals surface area contributed by atoms with Crippen molar-refractivity contribution in [1.82, 2.24) is 20.9 Å². The van der Waals surface area contributed by atoms with Crippen LogP contribution in [0.4, 0.5) is 4.79 Å². The van der Waals surface area contributed by atoms with Crippen molar-refractivity contribution >= 4 is 17.9 Å². The number of benzene rings is 1. The number of hydrogen-bond acceptors (Lipinski definition) is 5. The van der Waals surface area contributed by atoms with Crippen LogP contribution in [0.5, 0.6) is 0 Å². The first-order valence-electron chi connectivity index (χ1n) is 11.1. The molecule has 8 nitrogen and oxygen atoms in total. The van der Waals surface area contributed by atoms with E-state index in [-0.39, 0.29) is 30.5 Å². The summed E-state index contributed by atoms with van der Waals surface area (Å²) in [6, 6.07) is 9.34. The standard InChI is InChI=1S/C23H34N4O4/c1-15(2)24-18-9-10-21(20(13-18)25-16(3)28)27-12-11-19(22(27)29)26-23(30)31-14-17-7-5-4-6-8-17/h4-8,15,18-21,24H,9-14H2,1-3H3,(H,25,28)(H,26,30)/t18-,19+,20-,21+/m1/s1. The molecule has 1 aromatic carbocycles. The van der Waals surface area contributed by atoms with Crippen molar-refractivity contribution < 1.29 is 19.1 Å². The zero-order valence-electron chi connectivity index (χ0n) is 18.6. The lowest BCUT2D eigenvalue weighted by Gasteiger charge is -2.42. The van der Waals surface area contributed by atoms with Crippen LogP contribution in [0, 0.1) is 0 Å². The Bertz CT molecular complexity index is 770. The number of likely N-dealkylation sites (tertiary alicyclic amines) is 1. The Morgan fingerprint density at radius 1 is 1.13 bits per heavy atom. The summed E-state index contributed by atoms with van der Waals surface area (Å²) in [5.74, 6) is -0.196. The molecule has 0 radical (unpaired) electrons. The maximum Gasteiger partial charge on any atom is 0.408 e. The van der Waals surface area contributed by atoms with Crippen LogP contribution >= 0.6 is 0 Å². The number of carbonyl (C=O) groups is 3. The van der Waals surface area contributed by atoms with Crippen molar-refractivity contribution in [3.05, 3.63) is 35.9 Å². The largest absolute Gasteiger partial charge is 0.445 e. The lowest BCUT2D eigenvalue weighted by Crippen LogP contribution is -2.58. The van der Waals surface area contributed by atoms with Crippen molar-refractivity contribution in [3.63, 3.8) is 0 Å². The van der Waals surface area contributed by atoms with Gasteiger partial charge in [-0.15, -0.1) is 0 Å². The van der Waals surface area contributed by atoms with Crippen LogP contribution in [-0.4, -0.2) is 59.6 Å². The van der Waals surface area contributed by atoms with Gasteiger partial charge in [0.2, 0.25) is 11.8 Å². The SMILES string of the molecule is CC(=O)N[C@@H]1C[C@H](NC(C)C)CC[C@@H]1N1CC[C@H](NC(=O)OCc2ccccc2)C1=O. The first-order valence-corrected chi connectivity index (χ1v) is 11.1. The van der Waals surface area contributed by atoms with Gasteiger partial charge >= 0.3 is 6.09 Å². The molecule has 170 valence electrons. The topological polar surface area (TPSA) is 99.8 Å². The van der Waals surface area contributed by atoms with E-state index in [0.29, 0.717) is 25.0 Å². The number of nitrogens with zero attached hydrogens (tertiary/aromatic N) is 1. The second-order valence-electron chi connectivity index (χ2n) is 8.78. The molecule has 0 unspecified atom stereocenters. The average Bonchev–Trinajstić information content (AvgIpc) is 3.07. The summed E-state index contributed by atoms with van der Waals surface area (Å²) < 4.78 is 5.26. The summed E-state index contributed by atoms with van der Waals surface area (Å²) in [4.78, 5) is 38.8. The van der Waals surface area contributed by atoms with Crippen LogP contribution in [0.1, 0.15) is 52.0 Å². The van der Waals surface area contributed by atoms with E-state index in [0.717, 1.165) is 24.8 Å². The zero-order valence-corrected chi connectivity index (χ0v) is 18.6. The molecule has 3 amide bonds. The predicted octanol–water partition coefficient (Wildman–Crippen LogP) is 1.94. The molecule has 0 bridgehead atoms. The van der Waals surface area contributed by atoms with Gasteiger partial charge in [0.25, 0.3) is 0 Å². The number of ether oxygens (including phenoxy) is 1. The molecule has 1 heterocycles. The van der Waals surface area contributed by atoms with Gasteiger partial charge in [0, 0.05) is 25.6 Å². The van der Waals surface area contributed by atoms with Gasteiger partial charge in [-0.05, 0) is 31.2 Å². The van der Waals surface area contributed by atoms with Crippen molar-refractivity contribution in [2.75, 3.05) is 6.54 Å². The highest BCUT2D eigenvalue weighted by Crippen LogP contribution is 2.28. The molecule has 1 aliphatic heterocycles. The highest BCUT2D eigenvalue weighted by atomic mass is 16.5. The second-order valence-corrected chi connectivity index (χ2v) is 8.78. The van der Waals surface area contributed by atoms with Crippen molar-refractivity contribution in [2.45, 2.75) is 83.3 Å². The second kappa shape index (κ2) is 10.6. The van der Waals surface area contributed by atoms with Crippen LogP contribution in [-0.2, 0) is 20.9 Å². The van der Waals surface area contributed by atoms with E-state index in [9.17, 15) is 14.4 Å². The molecule has 2 aliphatic rings. The number of nitrogens with one attached hydrogen (secondary N) is 3. The third-order valence-corrected chi connectivity index (χ3v) is 5.92. The molecule has 1 aliphatic carbocycles. The molecule has 2 fully saturated rings. The molecule has 8 heteroatoms. The van der Waals surface area contributed by atoms with Crippen LogP contribution < -0.4 is 16.0 Å². The predicted molar refractivity (Wildman–Crippen MR) is 117 cm³/mol. The van der Waals surface area contributed by atoms with Crippen molar-refractivity contribution in [1.29, 1.82) is 0 Å². The molecular formula is C23H34N4O4. The highest BCUT2D eigenvalue weighted by Gasteiger charge is 2.42. The smallest absolute Gasteiger partial charge is 0.408 e. The first-order chi connectivity index (χ1) is 14.8. The summed E-state index contributed by atoms with van der Waals surface area (Å²) >= 11 is 0. The molecule has 1 saturated carbocycles. The monoisotopic (exact) mass is 430 g/mol. The Balaban J connectivity index is 1.55. The van der Waals surface area contributed by atoms with Crippen LogP contribution in [0.15, 0.2) is 30.3 Å². The first kappa shape index (κ1) is 23.1. The van der Waals surface area contributed by atoms with Gasteiger partial charge in [-0.1, -0.05) is 44.2 Å². The minimum Gasteiger partial charge on any atom is -0.445 e. The van der Waals surface area contributed by atoms with Gasteiger partial charge in [-0.2, -0.15) is 0 Å². The fraction of sp³-hybridized carbons (Fsp3) is 0.609. The Labute approximate surface area is 184 Å². The summed E-state index contributed by atoms with van der Waals surface area (Å²) in [6.45, 7) is 6.45. The number of alkyl carbamates (subject to hydrolysis) is 1. The molecule has 3 rings (SSSR count). The molecular weight excluding hydrogens is 396 g/mol. The van der Waals surface area contributed by atoms with E-state index in [2.05, 4.69) is 29.8 Å². The van der Waals surface area contributed by atoms with Crippen molar-refractivity contribution in [3.8, 4) is 0 Å². The minimum atomic E-state index is -0.590. The molecule has 0 aromatic heterocycles. The molecule has 1 saturated heterocycles. The van der Waals surface area contributed by atoms with Gasteiger partial charge in [0.15, 0.2) is 0 Å². The van der Waals surface area contributed by atoms with Gasteiger partial charge in [-0.3, -0.25) is 9.59 Å². The molecule has 3 N–H and O–H groups in total. The Morgan fingerprint density at radius 2 is 1.87 bits per heavy atom. The van der Waals surface area contributed by atoms with E-state index >= 15 is 0 Å². The fourth-order valence-electron chi connectivity index (χ4n) is 4.64. The quantitative estimate of drug-likeness (QED) is 0.614. The maximum atomic E-state index is 13.0. The number of hydrogen-bond donors (Lipinski definition) is 3. The molecule has 0 spiro atoms. The number of carbonyl (C=O) groups excluding carboxylic acids is 3. The lowest BCUT2D eigenvalue weighted by atomic mass is 9.85. The van der Waals surface area contributed by atoms with Gasteiger partial charge in [0.1, 0.15) is 12.6 Å². The summed E-state index contributed by atoms with van der Waals surface area (Å²) in [7, 11) is 0. The van der Waals surface area contributed by atoms with E-state index in [1.165, 1.54) is 6.92 Å². The van der Waals surface area contributed by atoms with Crippen LogP contribution in [0.3, 0.4) is 0 Å². The van der Waals surface area contributed by atoms with E-state index in [1.807, 2.05) is 35.2 Å². The summed E-state index contributed by atoms with van der Waals surface area (Å²) in [6.07, 6.45) is 2.48. The van der Waals surface area contributed by atoms with Gasteiger partial charge < -0.3 is 25.6 Å². The van der Waals surface area contributed by atoms with E-state index in [1.54, 1.807) is 0 Å². The Kier molecular flexibility index (Phi) is 7.90. The van der Waals surface area contributed by atoms with Crippen LogP contribution in [0.25, 0.3) is 0 Å². The fourth-order valence-corrected chi connectivity index (χ4v) is 4.64. The summed E-state index contributed by atoms with van der Waals surface area (Å²) in [5, 5.41) is 9.29. The molecule has 31 heavy (non-hydrogen) atoms. The van der Waals surface area contributed by atoms with E-state index in [4.69, 9.17) is 4.74 Å². The van der Waals surface area contributed by atoms with Gasteiger partial charge in [0.05, 0.1) is 12.1 Å². The number of rotatable bonds is 7. The third kappa shape index (κ3) is 6.43. The highest BCUT2D eigenvalue weighted by molar-refractivity contribution is 5.87. The Hall–Kier alpha value is -2.61. The zero-order chi connectivity index (χ0) is 22.4.